The smallest absolute Gasteiger partial charge is 0.193 e. The summed E-state index contributed by atoms with van der Waals surface area (Å²) in [6.07, 6.45) is 4.39. The Morgan fingerprint density at radius 1 is 1.65 bits per heavy atom. The van der Waals surface area contributed by atoms with E-state index in [1.54, 1.807) is 0 Å². The summed E-state index contributed by atoms with van der Waals surface area (Å²) >= 11 is 0. The van der Waals surface area contributed by atoms with Gasteiger partial charge in [-0.25, -0.2) is 0 Å². The van der Waals surface area contributed by atoms with Gasteiger partial charge in [0.15, 0.2) is 5.96 Å². The molecule has 0 spiro atoms. The number of nitrogens with zero attached hydrogens (tertiary/aromatic N) is 2. The second kappa shape index (κ2) is 7.20. The minimum atomic E-state index is 0. The summed E-state index contributed by atoms with van der Waals surface area (Å²) in [5.74, 6) is 1.57. The zero-order valence-electron chi connectivity index (χ0n) is 10.4. The maximum absolute atomic E-state index is 5.57. The van der Waals surface area contributed by atoms with Crippen molar-refractivity contribution in [1.29, 1.82) is 0 Å². The topological polar surface area (TPSA) is 36.9 Å². The molecule has 0 amide bonds. The van der Waals surface area contributed by atoms with Gasteiger partial charge >= 0.3 is 0 Å². The van der Waals surface area contributed by atoms with Crippen molar-refractivity contribution in [3.8, 4) is 0 Å². The van der Waals surface area contributed by atoms with Crippen molar-refractivity contribution in [3.63, 3.8) is 0 Å². The van der Waals surface area contributed by atoms with Crippen molar-refractivity contribution >= 4 is 29.9 Å². The highest BCUT2D eigenvalue weighted by atomic mass is 127. The van der Waals surface area contributed by atoms with Gasteiger partial charge in [0.1, 0.15) is 0 Å². The Bertz CT molecular complexity index is 283. The normalized spacial score (nSPS) is 28.3. The predicted molar refractivity (Wildman–Crippen MR) is 81.0 cm³/mol. The number of hydrogen-bond donors (Lipinski definition) is 1. The van der Waals surface area contributed by atoms with Crippen molar-refractivity contribution in [1.82, 2.24) is 10.2 Å². The fourth-order valence-corrected chi connectivity index (χ4v) is 2.27. The first-order chi connectivity index (χ1) is 7.81. The summed E-state index contributed by atoms with van der Waals surface area (Å²) in [4.78, 5) is 6.67. The molecular formula is C12H22IN3O. The Morgan fingerprint density at radius 2 is 2.47 bits per heavy atom. The number of hydrogen-bond acceptors (Lipinski definition) is 4. The molecule has 0 bridgehead atoms. The van der Waals surface area contributed by atoms with Crippen LogP contribution in [-0.2, 0) is 4.74 Å². The lowest BCUT2D eigenvalue weighted by Crippen LogP contribution is -2.44. The number of aliphatic imine (C=N–C) groups is 1. The molecule has 98 valence electrons. The van der Waals surface area contributed by atoms with E-state index in [0.717, 1.165) is 45.0 Å². The largest absolute Gasteiger partial charge is 0.374 e. The highest BCUT2D eigenvalue weighted by molar-refractivity contribution is 14.0. The van der Waals surface area contributed by atoms with Crippen LogP contribution >= 0.6 is 24.0 Å². The molecule has 4 nitrogen and oxygen atoms in total. The van der Waals surface area contributed by atoms with Gasteiger partial charge in [0, 0.05) is 39.2 Å². The van der Waals surface area contributed by atoms with Crippen LogP contribution in [0.25, 0.3) is 0 Å². The van der Waals surface area contributed by atoms with E-state index in [0.29, 0.717) is 5.92 Å². The third kappa shape index (κ3) is 3.84. The lowest BCUT2D eigenvalue weighted by atomic mass is 10.0. The van der Waals surface area contributed by atoms with E-state index in [1.807, 2.05) is 6.08 Å². The molecule has 0 unspecified atom stereocenters. The van der Waals surface area contributed by atoms with Crippen LogP contribution in [0.2, 0.25) is 0 Å². The minimum absolute atomic E-state index is 0. The van der Waals surface area contributed by atoms with Crippen molar-refractivity contribution in [2.24, 2.45) is 10.9 Å². The van der Waals surface area contributed by atoms with E-state index in [-0.39, 0.29) is 30.1 Å². The maximum Gasteiger partial charge on any atom is 0.193 e. The van der Waals surface area contributed by atoms with Crippen molar-refractivity contribution < 1.29 is 4.74 Å². The lowest BCUT2D eigenvalue weighted by molar-refractivity contribution is 0.128. The summed E-state index contributed by atoms with van der Waals surface area (Å²) in [7, 11) is 2.08. The molecule has 5 heteroatoms. The second-order valence-electron chi connectivity index (χ2n) is 4.48. The third-order valence-corrected chi connectivity index (χ3v) is 3.29. The summed E-state index contributed by atoms with van der Waals surface area (Å²) in [6, 6.07) is 0. The summed E-state index contributed by atoms with van der Waals surface area (Å²) in [5.41, 5.74) is 0. The highest BCUT2D eigenvalue weighted by Crippen LogP contribution is 2.20. The monoisotopic (exact) mass is 351 g/mol. The Hall–Kier alpha value is -0.300. The van der Waals surface area contributed by atoms with Crippen LogP contribution in [0.15, 0.2) is 17.6 Å². The van der Waals surface area contributed by atoms with Gasteiger partial charge in [0.25, 0.3) is 0 Å². The minimum Gasteiger partial charge on any atom is -0.374 e. The van der Waals surface area contributed by atoms with E-state index < -0.39 is 0 Å². The number of guanidine groups is 1. The standard InChI is InChI=1S/C12H21N3O.HI/c1-3-11-10(5-8-16-11)9-14-12-13-6-4-7-15(12)2;/h3,10-11H,1,4-9H2,2H3,(H,13,14);1H/t10-,11-;/m0./s1. The average Bonchev–Trinajstić information content (AvgIpc) is 2.75. The van der Waals surface area contributed by atoms with Crippen LogP contribution < -0.4 is 5.32 Å². The van der Waals surface area contributed by atoms with E-state index in [4.69, 9.17) is 4.74 Å². The van der Waals surface area contributed by atoms with Crippen LogP contribution in [0.1, 0.15) is 12.8 Å². The molecule has 0 radical (unpaired) electrons. The molecule has 0 aromatic rings. The molecule has 0 aliphatic carbocycles. The Labute approximate surface area is 121 Å². The van der Waals surface area contributed by atoms with Crippen molar-refractivity contribution in [3.05, 3.63) is 12.7 Å². The molecule has 1 N–H and O–H groups in total. The predicted octanol–water partition coefficient (Wildman–Crippen LogP) is 1.48. The van der Waals surface area contributed by atoms with Crippen LogP contribution in [0.5, 0.6) is 0 Å². The van der Waals surface area contributed by atoms with E-state index in [1.165, 1.54) is 0 Å². The Morgan fingerprint density at radius 3 is 3.18 bits per heavy atom. The first-order valence-corrected chi connectivity index (χ1v) is 6.05. The van der Waals surface area contributed by atoms with Crippen LogP contribution in [0.4, 0.5) is 0 Å². The molecule has 2 atom stereocenters. The third-order valence-electron chi connectivity index (χ3n) is 3.29. The molecule has 2 heterocycles. The number of ether oxygens (including phenoxy) is 1. The first kappa shape index (κ1) is 14.8. The molecule has 2 aliphatic heterocycles. The van der Waals surface area contributed by atoms with Gasteiger partial charge in [-0.1, -0.05) is 6.08 Å². The zero-order valence-corrected chi connectivity index (χ0v) is 12.7. The number of halogens is 1. The highest BCUT2D eigenvalue weighted by Gasteiger charge is 2.26. The quantitative estimate of drug-likeness (QED) is 0.618. The molecule has 0 saturated carbocycles. The Balaban J connectivity index is 0.00000144. The maximum atomic E-state index is 5.57. The van der Waals surface area contributed by atoms with Crippen molar-refractivity contribution in [2.45, 2.75) is 18.9 Å². The van der Waals surface area contributed by atoms with Crippen LogP contribution in [-0.4, -0.2) is 50.3 Å². The first-order valence-electron chi connectivity index (χ1n) is 6.05. The second-order valence-corrected chi connectivity index (χ2v) is 4.48. The van der Waals surface area contributed by atoms with Gasteiger partial charge in [-0.05, 0) is 12.8 Å². The number of nitrogens with one attached hydrogen (secondary N) is 1. The Kier molecular flexibility index (Phi) is 6.26. The van der Waals surface area contributed by atoms with Gasteiger partial charge < -0.3 is 15.0 Å². The molecule has 1 saturated heterocycles. The van der Waals surface area contributed by atoms with Crippen LogP contribution in [0, 0.1) is 5.92 Å². The fourth-order valence-electron chi connectivity index (χ4n) is 2.27. The SMILES string of the molecule is C=C[C@@H]1OCC[C@H]1CNC1=NCCCN1C.I. The average molecular weight is 351 g/mol. The van der Waals surface area contributed by atoms with Gasteiger partial charge in [0.05, 0.1) is 6.10 Å². The lowest BCUT2D eigenvalue weighted by Gasteiger charge is -2.27. The molecular weight excluding hydrogens is 329 g/mol. The fraction of sp³-hybridized carbons (Fsp3) is 0.750. The molecule has 2 rings (SSSR count). The van der Waals surface area contributed by atoms with E-state index >= 15 is 0 Å². The summed E-state index contributed by atoms with van der Waals surface area (Å²) in [5, 5.41) is 3.43. The molecule has 2 aliphatic rings. The van der Waals surface area contributed by atoms with E-state index in [9.17, 15) is 0 Å². The summed E-state index contributed by atoms with van der Waals surface area (Å²) in [6.45, 7) is 7.63. The van der Waals surface area contributed by atoms with Gasteiger partial charge in [0.2, 0.25) is 0 Å². The van der Waals surface area contributed by atoms with Crippen molar-refractivity contribution in [2.75, 3.05) is 33.3 Å². The van der Waals surface area contributed by atoms with E-state index in [2.05, 4.69) is 28.8 Å². The van der Waals surface area contributed by atoms with Gasteiger partial charge in [-0.15, -0.1) is 30.6 Å². The molecule has 0 aromatic carbocycles. The van der Waals surface area contributed by atoms with Crippen LogP contribution in [0.3, 0.4) is 0 Å². The number of rotatable bonds is 3. The molecule has 17 heavy (non-hydrogen) atoms. The molecule has 1 fully saturated rings. The summed E-state index contributed by atoms with van der Waals surface area (Å²) < 4.78 is 5.57. The van der Waals surface area contributed by atoms with Gasteiger partial charge in [-0.2, -0.15) is 0 Å². The van der Waals surface area contributed by atoms with Gasteiger partial charge in [-0.3, -0.25) is 4.99 Å². The zero-order chi connectivity index (χ0) is 11.4. The molecule has 0 aromatic heterocycles.